The molecule has 0 saturated carbocycles. The third kappa shape index (κ3) is 5.26. The Morgan fingerprint density at radius 2 is 2.00 bits per heavy atom. The van der Waals surface area contributed by atoms with Crippen LogP contribution in [0.25, 0.3) is 0 Å². The van der Waals surface area contributed by atoms with E-state index in [1.165, 1.54) is 24.3 Å². The van der Waals surface area contributed by atoms with E-state index in [2.05, 4.69) is 5.32 Å². The van der Waals surface area contributed by atoms with Crippen LogP contribution in [0.15, 0.2) is 24.3 Å². The first kappa shape index (κ1) is 15.4. The minimum absolute atomic E-state index is 0.280. The molecule has 1 unspecified atom stereocenters. The van der Waals surface area contributed by atoms with E-state index in [9.17, 15) is 9.18 Å². The average Bonchev–Trinajstić information content (AvgIpc) is 2.31. The molecule has 4 nitrogen and oxygen atoms in total. The van der Waals surface area contributed by atoms with E-state index in [0.717, 1.165) is 0 Å². The van der Waals surface area contributed by atoms with Gasteiger partial charge in [0.15, 0.2) is 5.60 Å². The summed E-state index contributed by atoms with van der Waals surface area (Å²) in [5.41, 5.74) is -1.06. The van der Waals surface area contributed by atoms with E-state index >= 15 is 0 Å². The Kier molecular flexibility index (Phi) is 5.30. The van der Waals surface area contributed by atoms with E-state index in [1.54, 1.807) is 20.8 Å². The van der Waals surface area contributed by atoms with Crippen LogP contribution in [0.5, 0.6) is 5.75 Å². The fourth-order valence-corrected chi connectivity index (χ4v) is 1.45. The summed E-state index contributed by atoms with van der Waals surface area (Å²) in [6.07, 6.45) is 0.0275. The topological polar surface area (TPSA) is 58.6 Å². The summed E-state index contributed by atoms with van der Waals surface area (Å²) in [7, 11) is 0. The SMILES string of the molecule is CC(O)CCNC(=O)C(C)(C)Oc1ccc(F)cc1. The second-order valence-electron chi connectivity index (χ2n) is 4.96. The zero-order chi connectivity index (χ0) is 14.5. The molecule has 1 aromatic rings. The molecular weight excluding hydrogens is 249 g/mol. The zero-order valence-electron chi connectivity index (χ0n) is 11.4. The van der Waals surface area contributed by atoms with Crippen LogP contribution in [0.2, 0.25) is 0 Å². The largest absolute Gasteiger partial charge is 0.478 e. The van der Waals surface area contributed by atoms with Crippen LogP contribution in [0.4, 0.5) is 4.39 Å². The van der Waals surface area contributed by atoms with Crippen LogP contribution in [-0.4, -0.2) is 29.3 Å². The van der Waals surface area contributed by atoms with Gasteiger partial charge in [-0.2, -0.15) is 0 Å². The van der Waals surface area contributed by atoms with Crippen molar-refractivity contribution >= 4 is 5.91 Å². The maximum atomic E-state index is 12.8. The third-order valence-corrected chi connectivity index (χ3v) is 2.58. The summed E-state index contributed by atoms with van der Waals surface area (Å²) in [5.74, 6) is -0.207. The lowest BCUT2D eigenvalue weighted by atomic mass is 10.1. The van der Waals surface area contributed by atoms with E-state index in [-0.39, 0.29) is 11.7 Å². The Balaban J connectivity index is 2.54. The van der Waals surface area contributed by atoms with Crippen molar-refractivity contribution in [2.45, 2.75) is 38.9 Å². The maximum absolute atomic E-state index is 12.8. The summed E-state index contributed by atoms with van der Waals surface area (Å²) in [4.78, 5) is 11.9. The lowest BCUT2D eigenvalue weighted by Gasteiger charge is -2.25. The summed E-state index contributed by atoms with van der Waals surface area (Å²) in [6, 6.07) is 5.49. The average molecular weight is 269 g/mol. The highest BCUT2D eigenvalue weighted by atomic mass is 19.1. The Labute approximate surface area is 112 Å². The second-order valence-corrected chi connectivity index (χ2v) is 4.96. The number of carbonyl (C=O) groups is 1. The number of aliphatic hydroxyl groups is 1. The van der Waals surface area contributed by atoms with Crippen molar-refractivity contribution in [1.29, 1.82) is 0 Å². The second kappa shape index (κ2) is 6.52. The van der Waals surface area contributed by atoms with Crippen molar-refractivity contribution in [3.8, 4) is 5.75 Å². The smallest absolute Gasteiger partial charge is 0.263 e. The Bertz CT molecular complexity index is 415. The molecule has 2 N–H and O–H groups in total. The molecule has 19 heavy (non-hydrogen) atoms. The number of benzene rings is 1. The number of rotatable bonds is 6. The van der Waals surface area contributed by atoms with Gasteiger partial charge in [-0.25, -0.2) is 4.39 Å². The number of aliphatic hydroxyl groups excluding tert-OH is 1. The number of nitrogens with one attached hydrogen (secondary N) is 1. The van der Waals surface area contributed by atoms with Gasteiger partial charge < -0.3 is 15.2 Å². The third-order valence-electron chi connectivity index (χ3n) is 2.58. The van der Waals surface area contributed by atoms with Crippen LogP contribution >= 0.6 is 0 Å². The predicted octanol–water partition coefficient (Wildman–Crippen LogP) is 1.87. The molecule has 0 fully saturated rings. The highest BCUT2D eigenvalue weighted by Crippen LogP contribution is 2.18. The minimum Gasteiger partial charge on any atom is -0.478 e. The molecular formula is C14H20FNO3. The first-order valence-corrected chi connectivity index (χ1v) is 6.22. The van der Waals surface area contributed by atoms with Crippen LogP contribution in [-0.2, 0) is 4.79 Å². The van der Waals surface area contributed by atoms with E-state index < -0.39 is 11.7 Å². The van der Waals surface area contributed by atoms with Gasteiger partial charge in [-0.15, -0.1) is 0 Å². The normalized spacial score (nSPS) is 12.9. The molecule has 0 radical (unpaired) electrons. The van der Waals surface area contributed by atoms with E-state index in [1.807, 2.05) is 0 Å². The molecule has 0 spiro atoms. The van der Waals surface area contributed by atoms with Gasteiger partial charge in [0.2, 0.25) is 0 Å². The van der Waals surface area contributed by atoms with Crippen LogP contribution in [0, 0.1) is 5.82 Å². The van der Waals surface area contributed by atoms with Crippen LogP contribution < -0.4 is 10.1 Å². The molecule has 5 heteroatoms. The fraction of sp³-hybridized carbons (Fsp3) is 0.500. The molecule has 1 atom stereocenters. The summed E-state index contributed by atoms with van der Waals surface area (Å²) >= 11 is 0. The van der Waals surface area contributed by atoms with Gasteiger partial charge in [0, 0.05) is 6.54 Å². The molecule has 1 amide bonds. The first-order chi connectivity index (χ1) is 8.81. The number of carbonyl (C=O) groups excluding carboxylic acids is 1. The first-order valence-electron chi connectivity index (χ1n) is 6.22. The summed E-state index contributed by atoms with van der Waals surface area (Å²) in [5, 5.41) is 11.8. The summed E-state index contributed by atoms with van der Waals surface area (Å²) < 4.78 is 18.3. The lowest BCUT2D eigenvalue weighted by molar-refractivity contribution is -0.134. The molecule has 0 aliphatic heterocycles. The highest BCUT2D eigenvalue weighted by molar-refractivity contribution is 5.84. The van der Waals surface area contributed by atoms with Crippen LogP contribution in [0.3, 0.4) is 0 Å². The lowest BCUT2D eigenvalue weighted by Crippen LogP contribution is -2.47. The zero-order valence-corrected chi connectivity index (χ0v) is 11.4. The van der Waals surface area contributed by atoms with Gasteiger partial charge in [-0.1, -0.05) is 0 Å². The molecule has 0 aliphatic rings. The Morgan fingerprint density at radius 1 is 1.42 bits per heavy atom. The molecule has 0 aromatic heterocycles. The van der Waals surface area contributed by atoms with Crippen molar-refractivity contribution in [3.05, 3.63) is 30.1 Å². The van der Waals surface area contributed by atoms with Crippen molar-refractivity contribution in [2.24, 2.45) is 0 Å². The van der Waals surface area contributed by atoms with Crippen molar-refractivity contribution in [2.75, 3.05) is 6.54 Å². The summed E-state index contributed by atoms with van der Waals surface area (Å²) in [6.45, 7) is 5.31. The minimum atomic E-state index is -1.06. The Hall–Kier alpha value is -1.62. The van der Waals surface area contributed by atoms with Gasteiger partial charge in [0.05, 0.1) is 6.10 Å². The van der Waals surface area contributed by atoms with Gasteiger partial charge in [0.25, 0.3) is 5.91 Å². The number of halogens is 1. The standard InChI is InChI=1S/C14H20FNO3/c1-10(17)8-9-16-13(18)14(2,3)19-12-6-4-11(15)5-7-12/h4-7,10,17H,8-9H2,1-3H3,(H,16,18). The predicted molar refractivity (Wildman–Crippen MR) is 70.4 cm³/mol. The number of ether oxygens (including phenoxy) is 1. The fourth-order valence-electron chi connectivity index (χ4n) is 1.45. The highest BCUT2D eigenvalue weighted by Gasteiger charge is 2.29. The quantitative estimate of drug-likeness (QED) is 0.829. The van der Waals surface area contributed by atoms with Crippen molar-refractivity contribution in [1.82, 2.24) is 5.32 Å². The molecule has 0 heterocycles. The van der Waals surface area contributed by atoms with Gasteiger partial charge >= 0.3 is 0 Å². The molecule has 0 saturated heterocycles. The molecule has 1 rings (SSSR count). The van der Waals surface area contributed by atoms with E-state index in [4.69, 9.17) is 9.84 Å². The van der Waals surface area contributed by atoms with Crippen molar-refractivity contribution in [3.63, 3.8) is 0 Å². The number of hydrogen-bond donors (Lipinski definition) is 2. The molecule has 1 aromatic carbocycles. The molecule has 0 aliphatic carbocycles. The number of amides is 1. The Morgan fingerprint density at radius 3 is 2.53 bits per heavy atom. The van der Waals surface area contributed by atoms with Gasteiger partial charge in [-0.3, -0.25) is 4.79 Å². The van der Waals surface area contributed by atoms with Gasteiger partial charge in [-0.05, 0) is 51.5 Å². The van der Waals surface area contributed by atoms with Crippen molar-refractivity contribution < 1.29 is 19.0 Å². The number of hydrogen-bond acceptors (Lipinski definition) is 3. The molecule has 106 valence electrons. The van der Waals surface area contributed by atoms with Gasteiger partial charge in [0.1, 0.15) is 11.6 Å². The maximum Gasteiger partial charge on any atom is 0.263 e. The van der Waals surface area contributed by atoms with E-state index in [0.29, 0.717) is 18.7 Å². The van der Waals surface area contributed by atoms with Crippen LogP contribution in [0.1, 0.15) is 27.2 Å². The molecule has 0 bridgehead atoms. The monoisotopic (exact) mass is 269 g/mol.